The highest BCUT2D eigenvalue weighted by atomic mass is 16.6. The van der Waals surface area contributed by atoms with Gasteiger partial charge in [-0.2, -0.15) is 0 Å². The van der Waals surface area contributed by atoms with Crippen LogP contribution in [0.1, 0.15) is 23.4 Å². The molecule has 5 heteroatoms. The monoisotopic (exact) mass is 287 g/mol. The molecule has 0 bridgehead atoms. The van der Waals surface area contributed by atoms with Crippen molar-refractivity contribution in [2.24, 2.45) is 0 Å². The molecule has 0 atom stereocenters. The van der Waals surface area contributed by atoms with Crippen LogP contribution in [0.25, 0.3) is 0 Å². The van der Waals surface area contributed by atoms with E-state index in [0.717, 1.165) is 25.9 Å². The van der Waals surface area contributed by atoms with E-state index < -0.39 is 0 Å². The summed E-state index contributed by atoms with van der Waals surface area (Å²) in [6.45, 7) is 1.59. The standard InChI is InChI=1S/C16H17NO4/c1-19-12-6-2-3-7-13(12)20-15-9-8-14(21-15)16(18)17-10-4-5-11-17/h2-3,6-9H,4-5,10-11H2,1H3. The number of methoxy groups -OCH3 is 1. The fourth-order valence-corrected chi connectivity index (χ4v) is 2.38. The Balaban J connectivity index is 1.74. The van der Waals surface area contributed by atoms with Gasteiger partial charge in [-0.1, -0.05) is 12.1 Å². The first kappa shape index (κ1) is 13.5. The highest BCUT2D eigenvalue weighted by Gasteiger charge is 2.22. The largest absolute Gasteiger partial charge is 0.493 e. The molecule has 1 aliphatic rings. The molecule has 2 aromatic rings. The second-order valence-electron chi connectivity index (χ2n) is 4.87. The minimum absolute atomic E-state index is 0.0811. The number of hydrogen-bond donors (Lipinski definition) is 0. The second kappa shape index (κ2) is 5.91. The third-order valence-corrected chi connectivity index (χ3v) is 3.47. The lowest BCUT2D eigenvalue weighted by atomic mass is 10.3. The molecule has 0 spiro atoms. The Labute approximate surface area is 123 Å². The van der Waals surface area contributed by atoms with Gasteiger partial charge < -0.3 is 18.8 Å². The maximum Gasteiger partial charge on any atom is 0.290 e. The van der Waals surface area contributed by atoms with Gasteiger partial charge in [-0.3, -0.25) is 4.79 Å². The van der Waals surface area contributed by atoms with Gasteiger partial charge in [0.15, 0.2) is 17.3 Å². The number of rotatable bonds is 4. The summed E-state index contributed by atoms with van der Waals surface area (Å²) in [4.78, 5) is 14.0. The van der Waals surface area contributed by atoms with E-state index >= 15 is 0 Å². The summed E-state index contributed by atoms with van der Waals surface area (Å²) in [5.41, 5.74) is 0. The van der Waals surface area contributed by atoms with Gasteiger partial charge in [-0.05, 0) is 31.0 Å². The van der Waals surface area contributed by atoms with E-state index in [9.17, 15) is 4.79 Å². The molecule has 3 rings (SSSR count). The lowest BCUT2D eigenvalue weighted by molar-refractivity contribution is 0.0756. The van der Waals surface area contributed by atoms with Crippen LogP contribution in [-0.2, 0) is 0 Å². The van der Waals surface area contributed by atoms with Crippen molar-refractivity contribution >= 4 is 5.91 Å². The van der Waals surface area contributed by atoms with E-state index in [1.165, 1.54) is 0 Å². The minimum Gasteiger partial charge on any atom is -0.493 e. The Morgan fingerprint density at radius 2 is 1.81 bits per heavy atom. The van der Waals surface area contributed by atoms with Gasteiger partial charge in [-0.25, -0.2) is 0 Å². The summed E-state index contributed by atoms with van der Waals surface area (Å²) in [7, 11) is 1.58. The fourth-order valence-electron chi connectivity index (χ4n) is 2.38. The minimum atomic E-state index is -0.0811. The van der Waals surface area contributed by atoms with Crippen molar-refractivity contribution in [3.63, 3.8) is 0 Å². The van der Waals surface area contributed by atoms with Gasteiger partial charge in [0, 0.05) is 19.2 Å². The molecule has 0 radical (unpaired) electrons. The van der Waals surface area contributed by atoms with Crippen molar-refractivity contribution in [3.05, 3.63) is 42.2 Å². The molecule has 0 N–H and O–H groups in total. The van der Waals surface area contributed by atoms with Gasteiger partial charge >= 0.3 is 0 Å². The highest BCUT2D eigenvalue weighted by molar-refractivity contribution is 5.91. The number of hydrogen-bond acceptors (Lipinski definition) is 4. The highest BCUT2D eigenvalue weighted by Crippen LogP contribution is 2.32. The van der Waals surface area contributed by atoms with Crippen LogP contribution in [0.4, 0.5) is 0 Å². The molecular formula is C16H17NO4. The van der Waals surface area contributed by atoms with Gasteiger partial charge in [0.2, 0.25) is 0 Å². The smallest absolute Gasteiger partial charge is 0.290 e. The zero-order valence-corrected chi connectivity index (χ0v) is 11.9. The first-order valence-corrected chi connectivity index (χ1v) is 6.98. The van der Waals surface area contributed by atoms with E-state index in [1.54, 1.807) is 36.3 Å². The Kier molecular flexibility index (Phi) is 3.81. The molecule has 21 heavy (non-hydrogen) atoms. The molecule has 1 amide bonds. The lowest BCUT2D eigenvalue weighted by Crippen LogP contribution is -2.27. The number of carbonyl (C=O) groups is 1. The summed E-state index contributed by atoms with van der Waals surface area (Å²) in [6.07, 6.45) is 2.11. The second-order valence-corrected chi connectivity index (χ2v) is 4.87. The summed E-state index contributed by atoms with van der Waals surface area (Å²) < 4.78 is 16.3. The number of ether oxygens (including phenoxy) is 2. The predicted octanol–water partition coefficient (Wildman–Crippen LogP) is 3.32. The molecule has 1 aromatic heterocycles. The lowest BCUT2D eigenvalue weighted by Gasteiger charge is -2.12. The van der Waals surface area contributed by atoms with Gasteiger partial charge in [0.05, 0.1) is 7.11 Å². The number of benzene rings is 1. The molecule has 2 heterocycles. The van der Waals surface area contributed by atoms with Crippen LogP contribution in [0.15, 0.2) is 40.8 Å². The molecule has 0 unspecified atom stereocenters. The van der Waals surface area contributed by atoms with Crippen LogP contribution in [-0.4, -0.2) is 31.0 Å². The van der Waals surface area contributed by atoms with Gasteiger partial charge in [-0.15, -0.1) is 0 Å². The molecule has 1 aromatic carbocycles. The molecule has 0 aliphatic carbocycles. The van der Waals surface area contributed by atoms with Gasteiger partial charge in [0.25, 0.3) is 11.9 Å². The summed E-state index contributed by atoms with van der Waals surface area (Å²) in [5.74, 6) is 1.67. The Hall–Kier alpha value is -2.43. The topological polar surface area (TPSA) is 51.9 Å². The number of furan rings is 1. The Morgan fingerprint density at radius 3 is 2.52 bits per heavy atom. The Morgan fingerprint density at radius 1 is 1.10 bits per heavy atom. The number of carbonyl (C=O) groups excluding carboxylic acids is 1. The molecule has 0 saturated carbocycles. The van der Waals surface area contributed by atoms with Crippen molar-refractivity contribution in [3.8, 4) is 17.4 Å². The first-order chi connectivity index (χ1) is 10.3. The van der Waals surface area contributed by atoms with Crippen molar-refractivity contribution in [2.45, 2.75) is 12.8 Å². The van der Waals surface area contributed by atoms with Crippen LogP contribution >= 0.6 is 0 Å². The average molecular weight is 287 g/mol. The Bertz CT molecular complexity index is 629. The van der Waals surface area contributed by atoms with E-state index in [1.807, 2.05) is 12.1 Å². The van der Waals surface area contributed by atoms with Crippen LogP contribution in [0.5, 0.6) is 17.4 Å². The van der Waals surface area contributed by atoms with Crippen LogP contribution in [0.3, 0.4) is 0 Å². The normalized spacial score (nSPS) is 14.2. The van der Waals surface area contributed by atoms with E-state index in [0.29, 0.717) is 17.3 Å². The zero-order valence-electron chi connectivity index (χ0n) is 11.9. The number of likely N-dealkylation sites (tertiary alicyclic amines) is 1. The number of nitrogens with zero attached hydrogens (tertiary/aromatic N) is 1. The van der Waals surface area contributed by atoms with Crippen molar-refractivity contribution < 1.29 is 18.7 Å². The van der Waals surface area contributed by atoms with Crippen molar-refractivity contribution in [2.75, 3.05) is 20.2 Å². The predicted molar refractivity (Wildman–Crippen MR) is 76.9 cm³/mol. The molecular weight excluding hydrogens is 270 g/mol. The van der Waals surface area contributed by atoms with E-state index in [2.05, 4.69) is 0 Å². The zero-order chi connectivity index (χ0) is 14.7. The third-order valence-electron chi connectivity index (χ3n) is 3.47. The quantitative estimate of drug-likeness (QED) is 0.865. The van der Waals surface area contributed by atoms with E-state index in [4.69, 9.17) is 13.9 Å². The third kappa shape index (κ3) is 2.86. The summed E-state index contributed by atoms with van der Waals surface area (Å²) in [6, 6.07) is 10.6. The number of amides is 1. The van der Waals surface area contributed by atoms with Crippen LogP contribution < -0.4 is 9.47 Å². The number of para-hydroxylation sites is 2. The van der Waals surface area contributed by atoms with E-state index in [-0.39, 0.29) is 11.9 Å². The molecule has 1 saturated heterocycles. The maximum absolute atomic E-state index is 12.2. The first-order valence-electron chi connectivity index (χ1n) is 6.98. The van der Waals surface area contributed by atoms with Crippen LogP contribution in [0, 0.1) is 0 Å². The molecule has 1 aliphatic heterocycles. The molecule has 110 valence electrons. The maximum atomic E-state index is 12.2. The van der Waals surface area contributed by atoms with Crippen LogP contribution in [0.2, 0.25) is 0 Å². The molecule has 1 fully saturated rings. The summed E-state index contributed by atoms with van der Waals surface area (Å²) >= 11 is 0. The van der Waals surface area contributed by atoms with Crippen molar-refractivity contribution in [1.29, 1.82) is 0 Å². The molecule has 5 nitrogen and oxygen atoms in total. The van der Waals surface area contributed by atoms with Gasteiger partial charge in [0.1, 0.15) is 0 Å². The average Bonchev–Trinajstić information content (AvgIpc) is 3.19. The fraction of sp³-hybridized carbons (Fsp3) is 0.312. The SMILES string of the molecule is COc1ccccc1Oc1ccc(C(=O)N2CCCC2)o1. The van der Waals surface area contributed by atoms with Crippen molar-refractivity contribution in [1.82, 2.24) is 4.90 Å². The summed E-state index contributed by atoms with van der Waals surface area (Å²) in [5, 5.41) is 0.